The van der Waals surface area contributed by atoms with E-state index in [1.54, 1.807) is 23.5 Å². The lowest BCUT2D eigenvalue weighted by molar-refractivity contribution is 0.142. The van der Waals surface area contributed by atoms with Crippen LogP contribution in [0.5, 0.6) is 0 Å². The summed E-state index contributed by atoms with van der Waals surface area (Å²) in [7, 11) is 2.22. The van der Waals surface area contributed by atoms with Crippen LogP contribution in [-0.2, 0) is 13.0 Å². The van der Waals surface area contributed by atoms with E-state index in [0.29, 0.717) is 5.92 Å². The quantitative estimate of drug-likeness (QED) is 0.647. The first kappa shape index (κ1) is 20.4. The van der Waals surface area contributed by atoms with Gasteiger partial charge in [0.05, 0.1) is 12.2 Å². The molecule has 2 heterocycles. The van der Waals surface area contributed by atoms with Crippen molar-refractivity contribution < 1.29 is 4.39 Å². The molecule has 5 heteroatoms. The molecule has 3 nitrogen and oxygen atoms in total. The average molecular weight is 390 g/mol. The Kier molecular flexibility index (Phi) is 7.39. The third kappa shape index (κ3) is 6.37. The molecule has 0 radical (unpaired) electrons. The molecule has 0 saturated carbocycles. The zero-order chi connectivity index (χ0) is 19.2. The van der Waals surface area contributed by atoms with Crippen LogP contribution in [0.3, 0.4) is 0 Å². The molecule has 0 aliphatic carbocycles. The van der Waals surface area contributed by atoms with E-state index >= 15 is 0 Å². The van der Waals surface area contributed by atoms with Gasteiger partial charge in [-0.25, -0.2) is 9.37 Å². The number of thiazole rings is 1. The van der Waals surface area contributed by atoms with E-state index < -0.39 is 0 Å². The third-order valence-electron chi connectivity index (χ3n) is 5.37. The van der Waals surface area contributed by atoms with Crippen LogP contribution in [0.15, 0.2) is 29.6 Å². The van der Waals surface area contributed by atoms with Crippen LogP contribution in [0.1, 0.15) is 48.9 Å². The Morgan fingerprint density at radius 3 is 2.78 bits per heavy atom. The average Bonchev–Trinajstić information content (AvgIpc) is 3.10. The number of halogens is 1. The highest BCUT2D eigenvalue weighted by Gasteiger charge is 2.21. The van der Waals surface area contributed by atoms with Crippen LogP contribution in [0, 0.1) is 11.7 Å². The summed E-state index contributed by atoms with van der Waals surface area (Å²) >= 11 is 1.79. The molecule has 1 aromatic carbocycles. The Morgan fingerprint density at radius 1 is 1.30 bits per heavy atom. The Balaban J connectivity index is 1.43. The molecule has 0 unspecified atom stereocenters. The minimum atomic E-state index is -0.152. The molecule has 1 fully saturated rings. The maximum absolute atomic E-state index is 13.0. The summed E-state index contributed by atoms with van der Waals surface area (Å²) in [5.74, 6) is 1.08. The number of rotatable bonds is 8. The van der Waals surface area contributed by atoms with Gasteiger partial charge in [0.2, 0.25) is 0 Å². The van der Waals surface area contributed by atoms with Gasteiger partial charge >= 0.3 is 0 Å². The van der Waals surface area contributed by atoms with Crippen molar-refractivity contribution in [3.05, 3.63) is 51.7 Å². The number of aromatic nitrogens is 1. The highest BCUT2D eigenvalue weighted by Crippen LogP contribution is 2.21. The fraction of sp³-hybridized carbons (Fsp3) is 0.591. The SMILES string of the molecule is CC(C)c1csc(CN(C)C[C@@H]2CCCN(CCc3ccc(F)cc3)C2)n1. The molecule has 0 amide bonds. The molecule has 3 rings (SSSR count). The van der Waals surface area contributed by atoms with Crippen LogP contribution in [0.4, 0.5) is 4.39 Å². The molecule has 2 aromatic rings. The number of piperidine rings is 1. The van der Waals surface area contributed by atoms with E-state index in [1.165, 1.54) is 42.2 Å². The van der Waals surface area contributed by atoms with Crippen molar-refractivity contribution in [1.29, 1.82) is 0 Å². The maximum atomic E-state index is 13.0. The number of nitrogens with zero attached hydrogens (tertiary/aromatic N) is 3. The lowest BCUT2D eigenvalue weighted by Crippen LogP contribution is -2.40. The molecule has 1 atom stereocenters. The van der Waals surface area contributed by atoms with Gasteiger partial charge in [-0.3, -0.25) is 4.90 Å². The van der Waals surface area contributed by atoms with Crippen molar-refractivity contribution in [2.45, 2.75) is 45.6 Å². The predicted octanol–water partition coefficient (Wildman–Crippen LogP) is 4.79. The fourth-order valence-corrected chi connectivity index (χ4v) is 4.88. The van der Waals surface area contributed by atoms with Crippen molar-refractivity contribution in [3.63, 3.8) is 0 Å². The van der Waals surface area contributed by atoms with Gasteiger partial charge in [0, 0.05) is 25.0 Å². The van der Waals surface area contributed by atoms with E-state index in [1.807, 2.05) is 12.1 Å². The van der Waals surface area contributed by atoms with Gasteiger partial charge < -0.3 is 4.90 Å². The molecule has 0 spiro atoms. The van der Waals surface area contributed by atoms with E-state index in [4.69, 9.17) is 4.98 Å². The minimum absolute atomic E-state index is 0.152. The van der Waals surface area contributed by atoms with Gasteiger partial charge in [-0.1, -0.05) is 26.0 Å². The third-order valence-corrected chi connectivity index (χ3v) is 6.22. The van der Waals surface area contributed by atoms with Gasteiger partial charge in [-0.05, 0) is 62.4 Å². The predicted molar refractivity (Wildman–Crippen MR) is 112 cm³/mol. The molecular formula is C22H32FN3S. The summed E-state index contributed by atoms with van der Waals surface area (Å²) in [6.45, 7) is 9.89. The summed E-state index contributed by atoms with van der Waals surface area (Å²) < 4.78 is 13.0. The highest BCUT2D eigenvalue weighted by molar-refractivity contribution is 7.09. The molecule has 0 bridgehead atoms. The summed E-state index contributed by atoms with van der Waals surface area (Å²) in [5.41, 5.74) is 2.44. The molecule has 1 aliphatic rings. The fourth-order valence-electron chi connectivity index (χ4n) is 3.84. The van der Waals surface area contributed by atoms with E-state index in [2.05, 4.69) is 36.1 Å². The first-order valence-corrected chi connectivity index (χ1v) is 11.0. The Labute approximate surface area is 167 Å². The lowest BCUT2D eigenvalue weighted by atomic mass is 9.97. The standard InChI is InChI=1S/C22H32FN3S/c1-17(2)21-16-27-22(24-21)15-25(3)13-19-5-4-11-26(14-19)12-10-18-6-8-20(23)9-7-18/h6-9,16-17,19H,4-5,10-15H2,1-3H3/t19-/m0/s1. The van der Waals surface area contributed by atoms with Crippen molar-refractivity contribution in [2.75, 3.05) is 33.2 Å². The second-order valence-electron chi connectivity index (χ2n) is 8.20. The number of likely N-dealkylation sites (tertiary alicyclic amines) is 1. The molecule has 148 valence electrons. The van der Waals surface area contributed by atoms with Gasteiger partial charge in [-0.15, -0.1) is 11.3 Å². The second kappa shape index (κ2) is 9.76. The molecule has 1 saturated heterocycles. The molecule has 0 N–H and O–H groups in total. The van der Waals surface area contributed by atoms with Gasteiger partial charge in [-0.2, -0.15) is 0 Å². The summed E-state index contributed by atoms with van der Waals surface area (Å²) in [4.78, 5) is 9.77. The van der Waals surface area contributed by atoms with Crippen LogP contribution in [-0.4, -0.2) is 48.0 Å². The largest absolute Gasteiger partial charge is 0.303 e. The van der Waals surface area contributed by atoms with E-state index in [-0.39, 0.29) is 5.82 Å². The number of hydrogen-bond acceptors (Lipinski definition) is 4. The maximum Gasteiger partial charge on any atom is 0.123 e. The van der Waals surface area contributed by atoms with Crippen LogP contribution in [0.2, 0.25) is 0 Å². The molecule has 27 heavy (non-hydrogen) atoms. The van der Waals surface area contributed by atoms with Gasteiger partial charge in [0.25, 0.3) is 0 Å². The van der Waals surface area contributed by atoms with Gasteiger partial charge in [0.15, 0.2) is 0 Å². The summed E-state index contributed by atoms with van der Waals surface area (Å²) in [5, 5.41) is 3.43. The second-order valence-corrected chi connectivity index (χ2v) is 9.15. The normalized spacial score (nSPS) is 18.5. The molecule has 1 aromatic heterocycles. The topological polar surface area (TPSA) is 19.4 Å². The zero-order valence-corrected chi connectivity index (χ0v) is 17.6. The van der Waals surface area contributed by atoms with Crippen molar-refractivity contribution in [1.82, 2.24) is 14.8 Å². The zero-order valence-electron chi connectivity index (χ0n) is 16.8. The Hall–Kier alpha value is -1.30. The lowest BCUT2D eigenvalue weighted by Gasteiger charge is -2.34. The summed E-state index contributed by atoms with van der Waals surface area (Å²) in [6, 6.07) is 6.94. The van der Waals surface area contributed by atoms with E-state index in [9.17, 15) is 4.39 Å². The first-order valence-electron chi connectivity index (χ1n) is 10.1. The van der Waals surface area contributed by atoms with Crippen LogP contribution in [0.25, 0.3) is 0 Å². The minimum Gasteiger partial charge on any atom is -0.303 e. The van der Waals surface area contributed by atoms with Crippen molar-refractivity contribution in [2.24, 2.45) is 5.92 Å². The number of hydrogen-bond donors (Lipinski definition) is 0. The van der Waals surface area contributed by atoms with Crippen molar-refractivity contribution in [3.8, 4) is 0 Å². The van der Waals surface area contributed by atoms with E-state index in [0.717, 1.165) is 32.0 Å². The van der Waals surface area contributed by atoms with Gasteiger partial charge in [0.1, 0.15) is 10.8 Å². The van der Waals surface area contributed by atoms with Crippen LogP contribution < -0.4 is 0 Å². The molecular weight excluding hydrogens is 357 g/mol. The smallest absolute Gasteiger partial charge is 0.123 e. The highest BCUT2D eigenvalue weighted by atomic mass is 32.1. The molecule has 1 aliphatic heterocycles. The monoisotopic (exact) mass is 389 g/mol. The number of benzene rings is 1. The Bertz CT molecular complexity index is 698. The first-order chi connectivity index (χ1) is 13.0. The van der Waals surface area contributed by atoms with Crippen molar-refractivity contribution >= 4 is 11.3 Å². The Morgan fingerprint density at radius 2 is 2.07 bits per heavy atom. The van der Waals surface area contributed by atoms with Crippen LogP contribution >= 0.6 is 11.3 Å². The summed E-state index contributed by atoms with van der Waals surface area (Å²) in [6.07, 6.45) is 3.59.